The third-order valence-corrected chi connectivity index (χ3v) is 3.73. The highest BCUT2D eigenvalue weighted by Crippen LogP contribution is 2.31. The Balaban J connectivity index is 1.70. The molecule has 0 radical (unpaired) electrons. The maximum absolute atomic E-state index is 12.2. The van der Waals surface area contributed by atoms with Crippen molar-refractivity contribution >= 4 is 23.2 Å². The lowest BCUT2D eigenvalue weighted by molar-refractivity contribution is 0.102. The third-order valence-electron chi connectivity index (χ3n) is 3.43. The van der Waals surface area contributed by atoms with Gasteiger partial charge in [-0.1, -0.05) is 23.7 Å². The van der Waals surface area contributed by atoms with E-state index >= 15 is 0 Å². The van der Waals surface area contributed by atoms with Crippen LogP contribution in [0.5, 0.6) is 17.2 Å². The summed E-state index contributed by atoms with van der Waals surface area (Å²) in [6, 6.07) is 16.0. The van der Waals surface area contributed by atoms with Gasteiger partial charge in [-0.2, -0.15) is 0 Å². The molecule has 0 saturated heterocycles. The number of amides is 1. The Morgan fingerprint density at radius 1 is 1.04 bits per heavy atom. The first-order chi connectivity index (χ1) is 12.2. The molecule has 1 heterocycles. The molecular weight excluding hydrogens is 340 g/mol. The van der Waals surface area contributed by atoms with E-state index in [0.29, 0.717) is 33.5 Å². The van der Waals surface area contributed by atoms with Crippen molar-refractivity contribution in [3.63, 3.8) is 0 Å². The molecule has 3 aromatic rings. The average Bonchev–Trinajstić information content (AvgIpc) is 2.64. The van der Waals surface area contributed by atoms with Gasteiger partial charge in [-0.05, 0) is 42.5 Å². The van der Waals surface area contributed by atoms with Crippen molar-refractivity contribution in [2.24, 2.45) is 0 Å². The second kappa shape index (κ2) is 7.68. The summed E-state index contributed by atoms with van der Waals surface area (Å²) in [5.74, 6) is 1.59. The Morgan fingerprint density at radius 2 is 1.76 bits per heavy atom. The van der Waals surface area contributed by atoms with E-state index in [1.54, 1.807) is 37.4 Å². The molecule has 1 amide bonds. The zero-order valence-electron chi connectivity index (χ0n) is 13.4. The Bertz CT molecular complexity index is 882. The molecule has 1 aromatic heterocycles. The van der Waals surface area contributed by atoms with Crippen molar-refractivity contribution in [1.82, 2.24) is 4.98 Å². The zero-order chi connectivity index (χ0) is 17.6. The van der Waals surface area contributed by atoms with Gasteiger partial charge in [-0.15, -0.1) is 0 Å². The summed E-state index contributed by atoms with van der Waals surface area (Å²) in [5.41, 5.74) is 0.997. The minimum atomic E-state index is -0.300. The van der Waals surface area contributed by atoms with E-state index in [0.717, 1.165) is 0 Å². The summed E-state index contributed by atoms with van der Waals surface area (Å²) in [4.78, 5) is 16.1. The van der Waals surface area contributed by atoms with Crippen molar-refractivity contribution < 1.29 is 14.3 Å². The van der Waals surface area contributed by atoms with Crippen molar-refractivity contribution in [1.29, 1.82) is 0 Å². The number of halogens is 1. The normalized spacial score (nSPS) is 10.2. The van der Waals surface area contributed by atoms with Gasteiger partial charge < -0.3 is 14.8 Å². The highest BCUT2D eigenvalue weighted by atomic mass is 35.5. The van der Waals surface area contributed by atoms with E-state index in [1.807, 2.05) is 24.3 Å². The largest absolute Gasteiger partial charge is 0.493 e. The van der Waals surface area contributed by atoms with Gasteiger partial charge in [-0.25, -0.2) is 0 Å². The lowest BCUT2D eigenvalue weighted by Gasteiger charge is -2.11. The molecule has 0 bridgehead atoms. The zero-order valence-corrected chi connectivity index (χ0v) is 14.2. The van der Waals surface area contributed by atoms with E-state index in [2.05, 4.69) is 10.3 Å². The van der Waals surface area contributed by atoms with Crippen LogP contribution >= 0.6 is 11.6 Å². The second-order valence-electron chi connectivity index (χ2n) is 5.09. The molecule has 0 fully saturated rings. The summed E-state index contributed by atoms with van der Waals surface area (Å²) < 4.78 is 11.1. The van der Waals surface area contributed by atoms with Crippen LogP contribution in [0.4, 0.5) is 5.69 Å². The van der Waals surface area contributed by atoms with Crippen LogP contribution in [0.1, 0.15) is 10.4 Å². The number of para-hydroxylation sites is 2. The second-order valence-corrected chi connectivity index (χ2v) is 5.49. The number of pyridine rings is 1. The fourth-order valence-electron chi connectivity index (χ4n) is 2.19. The number of carbonyl (C=O) groups is 1. The molecule has 0 atom stereocenters. The topological polar surface area (TPSA) is 60.5 Å². The predicted octanol–water partition coefficient (Wildman–Crippen LogP) is 4.79. The van der Waals surface area contributed by atoms with Gasteiger partial charge >= 0.3 is 0 Å². The van der Waals surface area contributed by atoms with E-state index in [-0.39, 0.29) is 5.91 Å². The lowest BCUT2D eigenvalue weighted by Crippen LogP contribution is -2.12. The van der Waals surface area contributed by atoms with E-state index in [9.17, 15) is 4.79 Å². The maximum Gasteiger partial charge on any atom is 0.257 e. The molecule has 1 N–H and O–H groups in total. The van der Waals surface area contributed by atoms with Gasteiger partial charge in [0.1, 0.15) is 5.75 Å². The number of benzene rings is 2. The van der Waals surface area contributed by atoms with Crippen LogP contribution in [0.3, 0.4) is 0 Å². The Morgan fingerprint density at radius 3 is 2.44 bits per heavy atom. The number of ether oxygens (including phenoxy) is 2. The van der Waals surface area contributed by atoms with Gasteiger partial charge in [-0.3, -0.25) is 9.78 Å². The van der Waals surface area contributed by atoms with Crippen LogP contribution in [0, 0.1) is 0 Å². The first-order valence-electron chi connectivity index (χ1n) is 7.49. The van der Waals surface area contributed by atoms with E-state index in [4.69, 9.17) is 21.1 Å². The standard InChI is InChI=1S/C19H15ClN2O3/c1-24-17-4-2-3-5-18(17)25-14-8-6-13(7-9-14)22-19(23)15-10-11-21-12-16(15)20/h2-12H,1H3,(H,22,23). The van der Waals surface area contributed by atoms with Crippen LogP contribution < -0.4 is 14.8 Å². The van der Waals surface area contributed by atoms with Gasteiger partial charge in [0.25, 0.3) is 5.91 Å². The number of nitrogens with one attached hydrogen (secondary N) is 1. The molecule has 0 aliphatic heterocycles. The van der Waals surface area contributed by atoms with Crippen molar-refractivity contribution in [3.8, 4) is 17.2 Å². The quantitative estimate of drug-likeness (QED) is 0.715. The molecule has 0 spiro atoms. The van der Waals surface area contributed by atoms with Crippen LogP contribution in [-0.2, 0) is 0 Å². The third kappa shape index (κ3) is 4.08. The Hall–Kier alpha value is -3.05. The minimum absolute atomic E-state index is 0.300. The summed E-state index contributed by atoms with van der Waals surface area (Å²) in [5, 5.41) is 3.08. The fourth-order valence-corrected chi connectivity index (χ4v) is 2.40. The molecule has 6 heteroatoms. The van der Waals surface area contributed by atoms with Crippen LogP contribution in [0.2, 0.25) is 5.02 Å². The number of hydrogen-bond donors (Lipinski definition) is 1. The van der Waals surface area contributed by atoms with Crippen molar-refractivity contribution in [2.45, 2.75) is 0 Å². The SMILES string of the molecule is COc1ccccc1Oc1ccc(NC(=O)c2ccncc2Cl)cc1. The number of rotatable bonds is 5. The Kier molecular flexibility index (Phi) is 5.16. The number of nitrogens with zero attached hydrogens (tertiary/aromatic N) is 1. The predicted molar refractivity (Wildman–Crippen MR) is 96.7 cm³/mol. The molecule has 5 nitrogen and oxygen atoms in total. The Labute approximate surface area is 150 Å². The molecule has 3 rings (SSSR count). The molecule has 2 aromatic carbocycles. The summed E-state index contributed by atoms with van der Waals surface area (Å²) in [7, 11) is 1.59. The molecule has 0 aliphatic carbocycles. The summed E-state index contributed by atoms with van der Waals surface area (Å²) >= 11 is 5.97. The molecule has 0 aliphatic rings. The first-order valence-corrected chi connectivity index (χ1v) is 7.87. The average molecular weight is 355 g/mol. The minimum Gasteiger partial charge on any atom is -0.493 e. The van der Waals surface area contributed by atoms with Gasteiger partial charge in [0.05, 0.1) is 17.7 Å². The van der Waals surface area contributed by atoms with Crippen LogP contribution in [0.15, 0.2) is 67.0 Å². The van der Waals surface area contributed by atoms with Gasteiger partial charge in [0.15, 0.2) is 11.5 Å². The molecule has 25 heavy (non-hydrogen) atoms. The maximum atomic E-state index is 12.2. The van der Waals surface area contributed by atoms with Crippen LogP contribution in [-0.4, -0.2) is 18.0 Å². The van der Waals surface area contributed by atoms with E-state index in [1.165, 1.54) is 12.4 Å². The van der Waals surface area contributed by atoms with Crippen LogP contribution in [0.25, 0.3) is 0 Å². The first kappa shape index (κ1) is 16.8. The number of methoxy groups -OCH3 is 1. The fraction of sp³-hybridized carbons (Fsp3) is 0.0526. The molecular formula is C19H15ClN2O3. The lowest BCUT2D eigenvalue weighted by atomic mass is 10.2. The number of aromatic nitrogens is 1. The summed E-state index contributed by atoms with van der Waals surface area (Å²) in [6.07, 6.45) is 2.95. The molecule has 0 unspecified atom stereocenters. The summed E-state index contributed by atoms with van der Waals surface area (Å²) in [6.45, 7) is 0. The number of anilines is 1. The molecule has 0 saturated carbocycles. The highest BCUT2D eigenvalue weighted by molar-refractivity contribution is 6.34. The highest BCUT2D eigenvalue weighted by Gasteiger charge is 2.10. The van der Waals surface area contributed by atoms with E-state index < -0.39 is 0 Å². The molecule has 126 valence electrons. The number of carbonyl (C=O) groups excluding carboxylic acids is 1. The smallest absolute Gasteiger partial charge is 0.257 e. The monoisotopic (exact) mass is 354 g/mol. The van der Waals surface area contributed by atoms with Crippen molar-refractivity contribution in [3.05, 3.63) is 77.6 Å². The number of hydrogen-bond acceptors (Lipinski definition) is 4. The van der Waals surface area contributed by atoms with Gasteiger partial charge in [0.2, 0.25) is 0 Å². The van der Waals surface area contributed by atoms with Crippen molar-refractivity contribution in [2.75, 3.05) is 12.4 Å². The van der Waals surface area contributed by atoms with Gasteiger partial charge in [0, 0.05) is 18.1 Å².